The highest BCUT2D eigenvalue weighted by Gasteiger charge is 2.16. The van der Waals surface area contributed by atoms with Gasteiger partial charge in [0.05, 0.1) is 5.75 Å². The van der Waals surface area contributed by atoms with E-state index in [2.05, 4.69) is 15.9 Å². The van der Waals surface area contributed by atoms with Crippen molar-refractivity contribution in [3.8, 4) is 0 Å². The molecule has 0 bridgehead atoms. The zero-order chi connectivity index (χ0) is 13.0. The number of nitrogen functional groups attached to an aromatic ring is 1. The molecule has 18 heavy (non-hydrogen) atoms. The monoisotopic (exact) mass is 328 g/mol. The maximum Gasteiger partial charge on any atom is 0.232 e. The number of carbonyl (C=O) groups is 1. The highest BCUT2D eigenvalue weighted by atomic mass is 79.9. The molecule has 98 valence electrons. The number of anilines is 1. The Morgan fingerprint density at radius 1 is 1.33 bits per heavy atom. The molecule has 0 unspecified atom stereocenters. The second-order valence-corrected chi connectivity index (χ2v) is 6.29. The average Bonchev–Trinajstić information content (AvgIpc) is 2.38. The molecule has 1 amide bonds. The van der Waals surface area contributed by atoms with Gasteiger partial charge < -0.3 is 10.6 Å². The Labute approximate surface area is 120 Å². The smallest absolute Gasteiger partial charge is 0.232 e. The molecule has 1 fully saturated rings. The second-order valence-electron chi connectivity index (χ2n) is 4.42. The van der Waals surface area contributed by atoms with E-state index in [0.29, 0.717) is 5.75 Å². The van der Waals surface area contributed by atoms with Gasteiger partial charge in [0.25, 0.3) is 0 Å². The van der Waals surface area contributed by atoms with Gasteiger partial charge in [-0.2, -0.15) is 0 Å². The number of amides is 1. The van der Waals surface area contributed by atoms with Crippen LogP contribution in [0.15, 0.2) is 27.6 Å². The number of piperidine rings is 1. The maximum absolute atomic E-state index is 12.0. The van der Waals surface area contributed by atoms with Gasteiger partial charge in [-0.1, -0.05) is 0 Å². The van der Waals surface area contributed by atoms with Crippen molar-refractivity contribution in [3.63, 3.8) is 0 Å². The molecule has 1 saturated heterocycles. The van der Waals surface area contributed by atoms with E-state index < -0.39 is 0 Å². The van der Waals surface area contributed by atoms with Gasteiger partial charge in [-0.05, 0) is 53.4 Å². The Hall–Kier alpha value is -0.680. The molecule has 0 aromatic heterocycles. The van der Waals surface area contributed by atoms with Crippen LogP contribution in [0, 0.1) is 0 Å². The number of likely N-dealkylation sites (tertiary alicyclic amines) is 1. The maximum atomic E-state index is 12.0. The van der Waals surface area contributed by atoms with Crippen molar-refractivity contribution in [2.75, 3.05) is 24.6 Å². The fourth-order valence-corrected chi connectivity index (χ4v) is 3.57. The first-order valence-corrected chi connectivity index (χ1v) is 7.90. The summed E-state index contributed by atoms with van der Waals surface area (Å²) < 4.78 is 0.957. The third-order valence-corrected chi connectivity index (χ3v) is 4.99. The fourth-order valence-electron chi connectivity index (χ4n) is 2.01. The number of nitrogens with zero attached hydrogens (tertiary/aromatic N) is 1. The number of thioether (sulfide) groups is 1. The van der Waals surface area contributed by atoms with Crippen molar-refractivity contribution in [1.29, 1.82) is 0 Å². The van der Waals surface area contributed by atoms with E-state index in [0.717, 1.165) is 41.0 Å². The normalized spacial score (nSPS) is 15.7. The molecule has 2 rings (SSSR count). The minimum atomic E-state index is 0.239. The highest BCUT2D eigenvalue weighted by Crippen LogP contribution is 2.29. The molecule has 1 aliphatic rings. The molecule has 2 N–H and O–H groups in total. The van der Waals surface area contributed by atoms with Gasteiger partial charge in [-0.15, -0.1) is 11.8 Å². The third-order valence-electron chi connectivity index (χ3n) is 3.02. The van der Waals surface area contributed by atoms with E-state index in [-0.39, 0.29) is 5.91 Å². The molecule has 0 saturated carbocycles. The largest absolute Gasteiger partial charge is 0.399 e. The van der Waals surface area contributed by atoms with Crippen LogP contribution < -0.4 is 5.73 Å². The van der Waals surface area contributed by atoms with E-state index in [1.165, 1.54) is 6.42 Å². The van der Waals surface area contributed by atoms with E-state index in [4.69, 9.17) is 5.73 Å². The summed E-state index contributed by atoms with van der Waals surface area (Å²) in [7, 11) is 0. The van der Waals surface area contributed by atoms with Crippen LogP contribution in [0.1, 0.15) is 19.3 Å². The number of nitrogens with two attached hydrogens (primary N) is 1. The second kappa shape index (κ2) is 6.48. The number of benzene rings is 1. The van der Waals surface area contributed by atoms with E-state index >= 15 is 0 Å². The summed E-state index contributed by atoms with van der Waals surface area (Å²) in [5.74, 6) is 0.742. The predicted molar refractivity (Wildman–Crippen MR) is 79.7 cm³/mol. The first kappa shape index (κ1) is 13.7. The number of carbonyl (C=O) groups excluding carboxylic acids is 1. The van der Waals surface area contributed by atoms with Crippen molar-refractivity contribution in [2.45, 2.75) is 24.2 Å². The van der Waals surface area contributed by atoms with Gasteiger partial charge in [0.2, 0.25) is 5.91 Å². The average molecular weight is 329 g/mol. The molecule has 0 radical (unpaired) electrons. The summed E-state index contributed by atoms with van der Waals surface area (Å²) in [5, 5.41) is 0. The Morgan fingerprint density at radius 2 is 2.06 bits per heavy atom. The zero-order valence-corrected chi connectivity index (χ0v) is 12.6. The molecule has 3 nitrogen and oxygen atoms in total. The van der Waals surface area contributed by atoms with Crippen LogP contribution in [0.5, 0.6) is 0 Å². The lowest BCUT2D eigenvalue weighted by atomic mass is 10.1. The lowest BCUT2D eigenvalue weighted by Crippen LogP contribution is -2.36. The number of hydrogen-bond donors (Lipinski definition) is 1. The van der Waals surface area contributed by atoms with Crippen LogP contribution in [0.3, 0.4) is 0 Å². The Balaban J connectivity index is 1.88. The molecule has 5 heteroatoms. The van der Waals surface area contributed by atoms with Gasteiger partial charge in [0.15, 0.2) is 0 Å². The van der Waals surface area contributed by atoms with E-state index in [9.17, 15) is 4.79 Å². The van der Waals surface area contributed by atoms with Crippen molar-refractivity contribution < 1.29 is 4.79 Å². The van der Waals surface area contributed by atoms with Crippen molar-refractivity contribution in [3.05, 3.63) is 22.7 Å². The highest BCUT2D eigenvalue weighted by molar-refractivity contribution is 9.10. The Morgan fingerprint density at radius 3 is 2.72 bits per heavy atom. The Bertz CT molecular complexity index is 433. The van der Waals surface area contributed by atoms with Gasteiger partial charge in [-0.25, -0.2) is 0 Å². The molecule has 1 aromatic rings. The minimum absolute atomic E-state index is 0.239. The Kier molecular flexibility index (Phi) is 4.95. The summed E-state index contributed by atoms with van der Waals surface area (Å²) in [6, 6.07) is 5.68. The lowest BCUT2D eigenvalue weighted by molar-refractivity contribution is -0.129. The zero-order valence-electron chi connectivity index (χ0n) is 10.2. The van der Waals surface area contributed by atoms with Crippen molar-refractivity contribution >= 4 is 39.3 Å². The first-order chi connectivity index (χ1) is 8.66. The minimum Gasteiger partial charge on any atom is -0.399 e. The van der Waals surface area contributed by atoms with E-state index in [1.54, 1.807) is 11.8 Å². The first-order valence-electron chi connectivity index (χ1n) is 6.12. The van der Waals surface area contributed by atoms with Crippen molar-refractivity contribution in [2.24, 2.45) is 0 Å². The molecule has 1 aromatic carbocycles. The van der Waals surface area contributed by atoms with Gasteiger partial charge >= 0.3 is 0 Å². The van der Waals surface area contributed by atoms with Crippen LogP contribution in [0.4, 0.5) is 5.69 Å². The van der Waals surface area contributed by atoms with Crippen LogP contribution in [-0.4, -0.2) is 29.6 Å². The van der Waals surface area contributed by atoms with Crippen LogP contribution in [0.2, 0.25) is 0 Å². The molecule has 0 spiro atoms. The number of hydrogen-bond acceptors (Lipinski definition) is 3. The molecule has 1 heterocycles. The summed E-state index contributed by atoms with van der Waals surface area (Å²) in [6.07, 6.45) is 3.53. The third kappa shape index (κ3) is 3.65. The quantitative estimate of drug-likeness (QED) is 0.684. The predicted octanol–water partition coefficient (Wildman–Crippen LogP) is 3.14. The van der Waals surface area contributed by atoms with Crippen LogP contribution >= 0.6 is 27.7 Å². The molecule has 0 aliphatic carbocycles. The lowest BCUT2D eigenvalue weighted by Gasteiger charge is -2.26. The number of rotatable bonds is 3. The van der Waals surface area contributed by atoms with Crippen LogP contribution in [-0.2, 0) is 4.79 Å². The number of halogens is 1. The molecule has 0 atom stereocenters. The summed E-state index contributed by atoms with van der Waals surface area (Å²) in [4.78, 5) is 15.1. The van der Waals surface area contributed by atoms with Crippen molar-refractivity contribution in [1.82, 2.24) is 4.90 Å². The standard InChI is InChI=1S/C13H17BrN2OS/c14-11-8-10(15)4-5-12(11)18-9-13(17)16-6-2-1-3-7-16/h4-5,8H,1-3,6-7,9,15H2. The van der Waals surface area contributed by atoms with Gasteiger partial charge in [0, 0.05) is 28.1 Å². The van der Waals surface area contributed by atoms with E-state index in [1.807, 2.05) is 23.1 Å². The molecule has 1 aliphatic heterocycles. The topological polar surface area (TPSA) is 46.3 Å². The SMILES string of the molecule is Nc1ccc(SCC(=O)N2CCCCC2)c(Br)c1. The van der Waals surface area contributed by atoms with Crippen LogP contribution in [0.25, 0.3) is 0 Å². The fraction of sp³-hybridized carbons (Fsp3) is 0.462. The molecular formula is C13H17BrN2OS. The summed E-state index contributed by atoms with van der Waals surface area (Å²) in [5.41, 5.74) is 6.42. The molecular weight excluding hydrogens is 312 g/mol. The summed E-state index contributed by atoms with van der Waals surface area (Å²) >= 11 is 5.03. The summed E-state index contributed by atoms with van der Waals surface area (Å²) in [6.45, 7) is 1.84. The van der Waals surface area contributed by atoms with Gasteiger partial charge in [0.1, 0.15) is 0 Å². The van der Waals surface area contributed by atoms with Gasteiger partial charge in [-0.3, -0.25) is 4.79 Å².